The molecular formula is C29H21N3O8S. The summed E-state index contributed by atoms with van der Waals surface area (Å²) in [6, 6.07) is 26.9. The largest absolute Gasteiger partial charge is 0.379 e. The predicted molar refractivity (Wildman–Crippen MR) is 146 cm³/mol. The van der Waals surface area contributed by atoms with Gasteiger partial charge in [0.1, 0.15) is 16.6 Å². The Bertz CT molecular complexity index is 1750. The van der Waals surface area contributed by atoms with Gasteiger partial charge in [-0.3, -0.25) is 24.5 Å². The molecule has 0 spiro atoms. The normalized spacial score (nSPS) is 20.2. The van der Waals surface area contributed by atoms with Gasteiger partial charge in [-0.25, -0.2) is 9.96 Å². The van der Waals surface area contributed by atoms with Crippen LogP contribution in [0.25, 0.3) is 0 Å². The Hall–Kier alpha value is -5.07. The van der Waals surface area contributed by atoms with Crippen molar-refractivity contribution in [2.24, 2.45) is 5.92 Å². The van der Waals surface area contributed by atoms with E-state index < -0.39 is 44.9 Å². The number of rotatable bonds is 7. The van der Waals surface area contributed by atoms with Crippen LogP contribution in [0.4, 0.5) is 17.1 Å². The summed E-state index contributed by atoms with van der Waals surface area (Å²) >= 11 is 0. The Kier molecular flexibility index (Phi) is 6.48. The highest BCUT2D eigenvalue weighted by Crippen LogP contribution is 2.49. The molecule has 2 fully saturated rings. The van der Waals surface area contributed by atoms with Gasteiger partial charge in [0.2, 0.25) is 5.91 Å². The zero-order valence-electron chi connectivity index (χ0n) is 21.1. The van der Waals surface area contributed by atoms with Gasteiger partial charge in [-0.05, 0) is 42.5 Å². The second kappa shape index (κ2) is 10.2. The Labute approximate surface area is 234 Å². The summed E-state index contributed by atoms with van der Waals surface area (Å²) in [6.45, 7) is 0. The van der Waals surface area contributed by atoms with Crippen LogP contribution in [0.1, 0.15) is 11.6 Å². The first-order chi connectivity index (χ1) is 19.8. The fourth-order valence-corrected chi connectivity index (χ4v) is 6.04. The number of hydrogen-bond donors (Lipinski definition) is 0. The number of non-ortho nitro benzene ring substituents is 1. The van der Waals surface area contributed by atoms with E-state index in [0.29, 0.717) is 11.3 Å². The third-order valence-electron chi connectivity index (χ3n) is 6.91. The van der Waals surface area contributed by atoms with E-state index in [0.717, 1.165) is 4.90 Å². The predicted octanol–water partition coefficient (Wildman–Crippen LogP) is 4.41. The standard InChI is InChI=1S/C29H21N3O8S/c33-28-25-26(23-13-7-8-14-24(23)40-41(37,38)22-11-5-2-6-12-22)31(20-9-3-1-4-10-20)39-27(25)29(34)30(28)19-15-17-21(18-16-19)32(35)36/h1-18,25-27H/t25-,26-,27+/m0/s1. The molecule has 2 aliphatic rings. The number of para-hydroxylation sites is 2. The smallest absolute Gasteiger partial charge is 0.339 e. The number of imide groups is 1. The maximum absolute atomic E-state index is 13.9. The van der Waals surface area contributed by atoms with E-state index in [2.05, 4.69) is 0 Å². The number of benzene rings is 4. The number of nitrogens with zero attached hydrogens (tertiary/aromatic N) is 3. The van der Waals surface area contributed by atoms with E-state index in [1.807, 2.05) is 0 Å². The lowest BCUT2D eigenvalue weighted by Crippen LogP contribution is -2.37. The van der Waals surface area contributed by atoms with Crippen molar-refractivity contribution in [1.29, 1.82) is 0 Å². The number of nitro groups is 1. The van der Waals surface area contributed by atoms with Gasteiger partial charge in [-0.15, -0.1) is 0 Å². The molecule has 41 heavy (non-hydrogen) atoms. The first-order valence-corrected chi connectivity index (χ1v) is 13.9. The summed E-state index contributed by atoms with van der Waals surface area (Å²) in [7, 11) is -4.24. The number of amides is 2. The first-order valence-electron chi connectivity index (χ1n) is 12.5. The second-order valence-corrected chi connectivity index (χ2v) is 10.9. The van der Waals surface area contributed by atoms with E-state index in [1.165, 1.54) is 47.5 Å². The average molecular weight is 572 g/mol. The van der Waals surface area contributed by atoms with Crippen molar-refractivity contribution in [2.75, 3.05) is 9.96 Å². The lowest BCUT2D eigenvalue weighted by Gasteiger charge is -2.29. The molecule has 0 bridgehead atoms. The lowest BCUT2D eigenvalue weighted by molar-refractivity contribution is -0.384. The van der Waals surface area contributed by atoms with Gasteiger partial charge >= 0.3 is 10.1 Å². The molecule has 11 nitrogen and oxygen atoms in total. The van der Waals surface area contributed by atoms with Crippen molar-refractivity contribution in [3.63, 3.8) is 0 Å². The van der Waals surface area contributed by atoms with Gasteiger partial charge in [0, 0.05) is 17.7 Å². The third-order valence-corrected chi connectivity index (χ3v) is 8.16. The molecule has 0 radical (unpaired) electrons. The minimum absolute atomic E-state index is 0.0273. The van der Waals surface area contributed by atoms with Crippen LogP contribution in [0, 0.1) is 16.0 Å². The summed E-state index contributed by atoms with van der Waals surface area (Å²) in [5, 5.41) is 12.5. The number of hydrogen-bond acceptors (Lipinski definition) is 9. The number of carbonyl (C=O) groups excluding carboxylic acids is 2. The topological polar surface area (TPSA) is 136 Å². The summed E-state index contributed by atoms with van der Waals surface area (Å²) in [6.07, 6.45) is -1.23. The lowest BCUT2D eigenvalue weighted by atomic mass is 9.90. The van der Waals surface area contributed by atoms with Gasteiger partial charge in [0.15, 0.2) is 6.10 Å². The molecule has 0 aliphatic carbocycles. The Morgan fingerprint density at radius 2 is 1.37 bits per heavy atom. The van der Waals surface area contributed by atoms with Crippen LogP contribution in [0.5, 0.6) is 5.75 Å². The number of carbonyl (C=O) groups is 2. The minimum atomic E-state index is -4.24. The van der Waals surface area contributed by atoms with E-state index >= 15 is 0 Å². The van der Waals surface area contributed by atoms with Gasteiger partial charge in [-0.2, -0.15) is 8.42 Å². The van der Waals surface area contributed by atoms with Crippen molar-refractivity contribution in [2.45, 2.75) is 17.0 Å². The van der Waals surface area contributed by atoms with Gasteiger partial charge in [0.05, 0.1) is 22.3 Å². The van der Waals surface area contributed by atoms with Crippen molar-refractivity contribution >= 4 is 39.0 Å². The highest BCUT2D eigenvalue weighted by Gasteiger charge is 2.60. The highest BCUT2D eigenvalue weighted by molar-refractivity contribution is 7.87. The molecule has 2 saturated heterocycles. The minimum Gasteiger partial charge on any atom is -0.379 e. The molecule has 206 valence electrons. The van der Waals surface area contributed by atoms with Crippen LogP contribution < -0.4 is 14.1 Å². The van der Waals surface area contributed by atoms with E-state index in [4.69, 9.17) is 9.02 Å². The summed E-state index contributed by atoms with van der Waals surface area (Å²) in [5.74, 6) is -2.35. The molecule has 0 aromatic heterocycles. The molecule has 12 heteroatoms. The number of fused-ring (bicyclic) bond motifs is 1. The fourth-order valence-electron chi connectivity index (χ4n) is 5.06. The van der Waals surface area contributed by atoms with Crippen LogP contribution in [0.3, 0.4) is 0 Å². The van der Waals surface area contributed by atoms with Crippen LogP contribution in [-0.4, -0.2) is 31.3 Å². The molecule has 6 rings (SSSR count). The van der Waals surface area contributed by atoms with Crippen molar-refractivity contribution in [1.82, 2.24) is 0 Å². The van der Waals surface area contributed by atoms with Gasteiger partial charge in [-0.1, -0.05) is 54.6 Å². The maximum Gasteiger partial charge on any atom is 0.339 e. The molecule has 2 amide bonds. The molecule has 4 aromatic carbocycles. The van der Waals surface area contributed by atoms with Crippen LogP contribution >= 0.6 is 0 Å². The summed E-state index contributed by atoms with van der Waals surface area (Å²) in [4.78, 5) is 45.0. The Morgan fingerprint density at radius 1 is 0.756 bits per heavy atom. The van der Waals surface area contributed by atoms with E-state index in [9.17, 15) is 28.1 Å². The molecule has 3 atom stereocenters. The quantitative estimate of drug-likeness (QED) is 0.137. The van der Waals surface area contributed by atoms with Crippen molar-refractivity contribution in [3.8, 4) is 5.75 Å². The first kappa shape index (κ1) is 26.2. The SMILES string of the molecule is O=C1[C@@H]2[C@@H](ON(c3ccccc3)[C@H]2c2ccccc2OS(=O)(=O)c2ccccc2)C(=O)N1c1ccc([N+](=O)[O-])cc1. The monoisotopic (exact) mass is 571 g/mol. The molecule has 0 N–H and O–H groups in total. The van der Waals surface area contributed by atoms with Crippen molar-refractivity contribution in [3.05, 3.63) is 125 Å². The van der Waals surface area contributed by atoms with Crippen LogP contribution in [0.2, 0.25) is 0 Å². The zero-order valence-corrected chi connectivity index (χ0v) is 22.0. The van der Waals surface area contributed by atoms with Crippen LogP contribution in [-0.2, 0) is 24.5 Å². The summed E-state index contributed by atoms with van der Waals surface area (Å²) in [5.41, 5.74) is 0.818. The van der Waals surface area contributed by atoms with Crippen LogP contribution in [0.15, 0.2) is 114 Å². The van der Waals surface area contributed by atoms with Crippen molar-refractivity contribution < 1.29 is 32.0 Å². The Morgan fingerprint density at radius 3 is 2.02 bits per heavy atom. The zero-order chi connectivity index (χ0) is 28.7. The molecule has 4 aromatic rings. The fraction of sp³-hybridized carbons (Fsp3) is 0.103. The number of anilines is 2. The molecule has 0 unspecified atom stereocenters. The third kappa shape index (κ3) is 4.58. The molecular weight excluding hydrogens is 550 g/mol. The Balaban J connectivity index is 1.43. The second-order valence-electron chi connectivity index (χ2n) is 9.33. The van der Waals surface area contributed by atoms with E-state index in [1.54, 1.807) is 66.7 Å². The van der Waals surface area contributed by atoms with Gasteiger partial charge < -0.3 is 4.18 Å². The van der Waals surface area contributed by atoms with Gasteiger partial charge in [0.25, 0.3) is 11.6 Å². The maximum atomic E-state index is 13.9. The molecule has 2 heterocycles. The number of nitro benzene ring substituents is 1. The van der Waals surface area contributed by atoms with E-state index in [-0.39, 0.29) is 22.0 Å². The average Bonchev–Trinajstić information content (AvgIpc) is 3.49. The highest BCUT2D eigenvalue weighted by atomic mass is 32.2. The molecule has 0 saturated carbocycles. The summed E-state index contributed by atoms with van der Waals surface area (Å²) < 4.78 is 31.9. The number of hydroxylamine groups is 1. The molecule has 2 aliphatic heterocycles.